The van der Waals surface area contributed by atoms with Gasteiger partial charge in [-0.3, -0.25) is 0 Å². The van der Waals surface area contributed by atoms with E-state index in [0.717, 1.165) is 37.2 Å². The molecule has 3 nitrogen and oxygen atoms in total. The Morgan fingerprint density at radius 1 is 1.33 bits per heavy atom. The lowest BCUT2D eigenvalue weighted by Crippen LogP contribution is -2.50. The van der Waals surface area contributed by atoms with Gasteiger partial charge in [0.15, 0.2) is 0 Å². The molecule has 0 bridgehead atoms. The molecule has 2 rings (SSSR count). The zero-order chi connectivity index (χ0) is 13.4. The lowest BCUT2D eigenvalue weighted by Gasteiger charge is -2.52. The molecule has 1 spiro atoms. The molecule has 0 aromatic heterocycles. The first-order valence-corrected chi connectivity index (χ1v) is 8.00. The minimum absolute atomic E-state index is 0.145. The molecule has 1 aliphatic heterocycles. The summed E-state index contributed by atoms with van der Waals surface area (Å²) in [5.41, 5.74) is 0.153. The van der Waals surface area contributed by atoms with Crippen LogP contribution in [0.25, 0.3) is 0 Å². The lowest BCUT2D eigenvalue weighted by molar-refractivity contribution is -0.0216. The van der Waals surface area contributed by atoms with Gasteiger partial charge in [0.25, 0.3) is 0 Å². The van der Waals surface area contributed by atoms with Gasteiger partial charge >= 0.3 is 6.09 Å². The van der Waals surface area contributed by atoms with Crippen LogP contribution in [0.4, 0.5) is 4.79 Å². The standard InChI is InChI=1S/C14H24BrNO2/c1-13(2,3)18-12(17)16-6-4-14(5-7-16)8-11(9-14)10-15/h11H,4-10H2,1-3H3. The fourth-order valence-corrected chi connectivity index (χ4v) is 3.63. The third kappa shape index (κ3) is 3.19. The van der Waals surface area contributed by atoms with Crippen molar-refractivity contribution in [3.8, 4) is 0 Å². The van der Waals surface area contributed by atoms with Crippen LogP contribution < -0.4 is 0 Å². The summed E-state index contributed by atoms with van der Waals surface area (Å²) in [6, 6.07) is 0. The van der Waals surface area contributed by atoms with Crippen molar-refractivity contribution in [3.05, 3.63) is 0 Å². The Morgan fingerprint density at radius 2 is 1.89 bits per heavy atom. The van der Waals surface area contributed by atoms with Crippen LogP contribution in [0.1, 0.15) is 46.5 Å². The molecule has 0 aromatic rings. The number of hydrogen-bond donors (Lipinski definition) is 0. The second-order valence-electron chi connectivity index (χ2n) is 6.90. The van der Waals surface area contributed by atoms with E-state index >= 15 is 0 Å². The molecule has 0 aromatic carbocycles. The summed E-state index contributed by atoms with van der Waals surface area (Å²) in [5.74, 6) is 0.859. The average Bonchev–Trinajstić information content (AvgIpc) is 2.23. The van der Waals surface area contributed by atoms with Crippen LogP contribution >= 0.6 is 15.9 Å². The van der Waals surface area contributed by atoms with Crippen molar-refractivity contribution < 1.29 is 9.53 Å². The van der Waals surface area contributed by atoms with Gasteiger partial charge in [0.1, 0.15) is 5.60 Å². The molecule has 0 N–H and O–H groups in total. The second-order valence-corrected chi connectivity index (χ2v) is 7.54. The summed E-state index contributed by atoms with van der Waals surface area (Å²) >= 11 is 3.56. The minimum atomic E-state index is -0.385. The van der Waals surface area contributed by atoms with Crippen LogP contribution in [0, 0.1) is 11.3 Å². The number of carbonyl (C=O) groups is 1. The maximum Gasteiger partial charge on any atom is 0.410 e. The molecule has 1 amide bonds. The third-order valence-electron chi connectivity index (χ3n) is 4.14. The first-order valence-electron chi connectivity index (χ1n) is 6.87. The van der Waals surface area contributed by atoms with Crippen molar-refractivity contribution in [2.24, 2.45) is 11.3 Å². The highest BCUT2D eigenvalue weighted by Gasteiger charge is 2.46. The van der Waals surface area contributed by atoms with E-state index in [9.17, 15) is 4.79 Å². The topological polar surface area (TPSA) is 29.5 Å². The van der Waals surface area contributed by atoms with Gasteiger partial charge < -0.3 is 9.64 Å². The van der Waals surface area contributed by atoms with Crippen molar-refractivity contribution in [1.29, 1.82) is 0 Å². The molecule has 18 heavy (non-hydrogen) atoms. The maximum absolute atomic E-state index is 11.9. The lowest BCUT2D eigenvalue weighted by atomic mass is 9.58. The molecule has 1 heterocycles. The first kappa shape index (κ1) is 14.2. The van der Waals surface area contributed by atoms with E-state index in [1.54, 1.807) is 0 Å². The molecule has 1 saturated carbocycles. The molecule has 0 atom stereocenters. The Kier molecular flexibility index (Phi) is 3.96. The number of likely N-dealkylation sites (tertiary alicyclic amines) is 1. The van der Waals surface area contributed by atoms with Crippen LogP contribution in [0.5, 0.6) is 0 Å². The zero-order valence-corrected chi connectivity index (χ0v) is 13.3. The molecule has 2 aliphatic rings. The number of nitrogens with zero attached hydrogens (tertiary/aromatic N) is 1. The molecular formula is C14H24BrNO2. The van der Waals surface area contributed by atoms with Crippen molar-refractivity contribution >= 4 is 22.0 Å². The molecule has 1 saturated heterocycles. The zero-order valence-electron chi connectivity index (χ0n) is 11.7. The quantitative estimate of drug-likeness (QED) is 0.688. The van der Waals surface area contributed by atoms with E-state index in [-0.39, 0.29) is 11.7 Å². The van der Waals surface area contributed by atoms with E-state index < -0.39 is 0 Å². The number of ether oxygens (including phenoxy) is 1. The van der Waals surface area contributed by atoms with Crippen LogP contribution in [0.15, 0.2) is 0 Å². The van der Waals surface area contributed by atoms with Gasteiger partial charge in [0.2, 0.25) is 0 Å². The Labute approximate surface area is 118 Å². The van der Waals surface area contributed by atoms with E-state index in [4.69, 9.17) is 4.74 Å². The molecule has 1 aliphatic carbocycles. The van der Waals surface area contributed by atoms with Gasteiger partial charge in [-0.2, -0.15) is 0 Å². The average molecular weight is 318 g/mol. The number of amides is 1. The Hall–Kier alpha value is -0.250. The van der Waals surface area contributed by atoms with Gasteiger partial charge in [-0.1, -0.05) is 15.9 Å². The van der Waals surface area contributed by atoms with E-state index in [1.165, 1.54) is 12.8 Å². The maximum atomic E-state index is 11.9. The summed E-state index contributed by atoms with van der Waals surface area (Å²) < 4.78 is 5.42. The SMILES string of the molecule is CC(C)(C)OC(=O)N1CCC2(CC1)CC(CBr)C2. The number of carbonyl (C=O) groups excluding carboxylic acids is 1. The van der Waals surface area contributed by atoms with Crippen LogP contribution in [-0.4, -0.2) is 35.0 Å². The van der Waals surface area contributed by atoms with Crippen molar-refractivity contribution in [2.75, 3.05) is 18.4 Å². The molecule has 4 heteroatoms. The normalized spacial score (nSPS) is 23.9. The Bertz CT molecular complexity index is 308. The largest absolute Gasteiger partial charge is 0.444 e. The van der Waals surface area contributed by atoms with E-state index in [2.05, 4.69) is 15.9 Å². The van der Waals surface area contributed by atoms with Gasteiger partial charge in [-0.15, -0.1) is 0 Å². The van der Waals surface area contributed by atoms with Crippen LogP contribution in [-0.2, 0) is 4.74 Å². The van der Waals surface area contributed by atoms with Crippen molar-refractivity contribution in [3.63, 3.8) is 0 Å². The highest BCUT2D eigenvalue weighted by Crippen LogP contribution is 2.53. The van der Waals surface area contributed by atoms with Crippen LogP contribution in [0.3, 0.4) is 0 Å². The molecule has 0 radical (unpaired) electrons. The predicted molar refractivity (Wildman–Crippen MR) is 76.0 cm³/mol. The Morgan fingerprint density at radius 3 is 2.33 bits per heavy atom. The minimum Gasteiger partial charge on any atom is -0.444 e. The number of alkyl halides is 1. The number of rotatable bonds is 1. The highest BCUT2D eigenvalue weighted by molar-refractivity contribution is 9.09. The summed E-state index contributed by atoms with van der Waals surface area (Å²) in [6.45, 7) is 7.49. The molecular weight excluding hydrogens is 294 g/mol. The van der Waals surface area contributed by atoms with Gasteiger partial charge in [0.05, 0.1) is 0 Å². The summed E-state index contributed by atoms with van der Waals surface area (Å²) in [4.78, 5) is 13.8. The molecule has 104 valence electrons. The first-order chi connectivity index (χ1) is 8.34. The summed E-state index contributed by atoms with van der Waals surface area (Å²) in [7, 11) is 0. The number of piperidine rings is 1. The number of hydrogen-bond acceptors (Lipinski definition) is 2. The van der Waals surface area contributed by atoms with Crippen LogP contribution in [0.2, 0.25) is 0 Å². The highest BCUT2D eigenvalue weighted by atomic mass is 79.9. The smallest absolute Gasteiger partial charge is 0.410 e. The predicted octanol–water partition coefficient (Wildman–Crippen LogP) is 3.81. The number of halogens is 1. The Balaban J connectivity index is 1.79. The van der Waals surface area contributed by atoms with Gasteiger partial charge in [0, 0.05) is 18.4 Å². The van der Waals surface area contributed by atoms with E-state index in [0.29, 0.717) is 5.41 Å². The third-order valence-corrected chi connectivity index (χ3v) is 5.05. The fraction of sp³-hybridized carbons (Fsp3) is 0.929. The monoisotopic (exact) mass is 317 g/mol. The van der Waals surface area contributed by atoms with E-state index in [1.807, 2.05) is 25.7 Å². The van der Waals surface area contributed by atoms with Gasteiger partial charge in [-0.25, -0.2) is 4.79 Å². The fourth-order valence-electron chi connectivity index (χ4n) is 3.17. The summed E-state index contributed by atoms with van der Waals surface area (Å²) in [6.07, 6.45) is 4.82. The molecule has 2 fully saturated rings. The summed E-state index contributed by atoms with van der Waals surface area (Å²) in [5, 5.41) is 1.13. The van der Waals surface area contributed by atoms with Gasteiger partial charge in [-0.05, 0) is 57.8 Å². The van der Waals surface area contributed by atoms with Crippen molar-refractivity contribution in [1.82, 2.24) is 4.90 Å². The van der Waals surface area contributed by atoms with Crippen molar-refractivity contribution in [2.45, 2.75) is 52.1 Å². The second kappa shape index (κ2) is 5.03. The molecule has 0 unspecified atom stereocenters.